The molecule has 0 radical (unpaired) electrons. The number of rotatable bonds is 10. The first-order valence-electron chi connectivity index (χ1n) is 11.1. The summed E-state index contributed by atoms with van der Waals surface area (Å²) in [6, 6.07) is 0.609. The molecule has 0 aromatic carbocycles. The van der Waals surface area contributed by atoms with Crippen molar-refractivity contribution >= 4 is 17.7 Å². The minimum atomic E-state index is -0.223. The molecule has 31 heavy (non-hydrogen) atoms. The second-order valence-corrected chi connectivity index (χ2v) is 8.10. The summed E-state index contributed by atoms with van der Waals surface area (Å²) in [6.07, 6.45) is 10.2. The van der Waals surface area contributed by atoms with Crippen LogP contribution in [0.15, 0.2) is 29.3 Å². The van der Waals surface area contributed by atoms with Crippen LogP contribution in [0.3, 0.4) is 0 Å². The van der Waals surface area contributed by atoms with Crippen LogP contribution in [0.25, 0.3) is 6.08 Å². The van der Waals surface area contributed by atoms with E-state index in [4.69, 9.17) is 0 Å². The summed E-state index contributed by atoms with van der Waals surface area (Å²) in [5.74, 6) is -0.223. The number of amides is 1. The Morgan fingerprint density at radius 2 is 2.03 bits per heavy atom. The van der Waals surface area contributed by atoms with Crippen LogP contribution in [0.5, 0.6) is 0 Å². The lowest BCUT2D eigenvalue weighted by Crippen LogP contribution is -2.26. The van der Waals surface area contributed by atoms with Crippen molar-refractivity contribution in [1.29, 1.82) is 0 Å². The van der Waals surface area contributed by atoms with Gasteiger partial charge in [-0.3, -0.25) is 14.8 Å². The van der Waals surface area contributed by atoms with Crippen molar-refractivity contribution < 1.29 is 4.79 Å². The zero-order chi connectivity index (χ0) is 21.8. The first kappa shape index (κ1) is 21.4. The summed E-state index contributed by atoms with van der Waals surface area (Å²) in [5.41, 5.74) is 8.87. The van der Waals surface area contributed by atoms with Crippen molar-refractivity contribution in [3.63, 3.8) is 0 Å². The highest BCUT2D eigenvalue weighted by Gasteiger charge is 2.27. The average Bonchev–Trinajstić information content (AvgIpc) is 3.48. The molecule has 0 bridgehead atoms. The SMILES string of the molecule is CCN(CC)CCc1c(C)[nH]c(/C=C2/C(=O)NN=C2c2cnccn2)c1CNC1CC1. The van der Waals surface area contributed by atoms with Crippen molar-refractivity contribution in [2.45, 2.75) is 52.6 Å². The van der Waals surface area contributed by atoms with Crippen LogP contribution in [0, 0.1) is 6.92 Å². The highest BCUT2D eigenvalue weighted by molar-refractivity contribution is 6.32. The third-order valence-electron chi connectivity index (χ3n) is 6.05. The van der Waals surface area contributed by atoms with Crippen LogP contribution in [0.2, 0.25) is 0 Å². The van der Waals surface area contributed by atoms with Crippen LogP contribution >= 0.6 is 0 Å². The second-order valence-electron chi connectivity index (χ2n) is 8.10. The number of hydrazone groups is 1. The Kier molecular flexibility index (Phi) is 6.58. The molecule has 1 aliphatic heterocycles. The summed E-state index contributed by atoms with van der Waals surface area (Å²) in [5, 5.41) is 7.85. The van der Waals surface area contributed by atoms with Gasteiger partial charge in [0.15, 0.2) is 0 Å². The minimum absolute atomic E-state index is 0.223. The molecule has 4 rings (SSSR count). The van der Waals surface area contributed by atoms with Crippen molar-refractivity contribution in [2.75, 3.05) is 19.6 Å². The van der Waals surface area contributed by atoms with E-state index in [0.29, 0.717) is 23.0 Å². The highest BCUT2D eigenvalue weighted by Crippen LogP contribution is 2.26. The molecule has 1 fully saturated rings. The van der Waals surface area contributed by atoms with E-state index in [1.807, 2.05) is 6.08 Å². The summed E-state index contributed by atoms with van der Waals surface area (Å²) >= 11 is 0. The Hall–Kier alpha value is -2.84. The smallest absolute Gasteiger partial charge is 0.273 e. The molecule has 0 spiro atoms. The molecule has 0 unspecified atom stereocenters. The lowest BCUT2D eigenvalue weighted by atomic mass is 10.0. The van der Waals surface area contributed by atoms with Crippen LogP contribution in [0.1, 0.15) is 54.9 Å². The number of carbonyl (C=O) groups is 1. The summed E-state index contributed by atoms with van der Waals surface area (Å²) < 4.78 is 0. The number of hydrogen-bond donors (Lipinski definition) is 3. The molecule has 1 saturated carbocycles. The highest BCUT2D eigenvalue weighted by atomic mass is 16.2. The Morgan fingerprint density at radius 3 is 2.71 bits per heavy atom. The molecule has 2 aromatic rings. The largest absolute Gasteiger partial charge is 0.359 e. The van der Waals surface area contributed by atoms with E-state index < -0.39 is 0 Å². The number of nitrogens with zero attached hydrogens (tertiary/aromatic N) is 4. The number of nitrogens with one attached hydrogen (secondary N) is 3. The van der Waals surface area contributed by atoms with Gasteiger partial charge in [0.2, 0.25) is 0 Å². The van der Waals surface area contributed by atoms with Crippen LogP contribution in [-0.4, -0.2) is 57.1 Å². The Bertz CT molecular complexity index is 985. The molecule has 8 heteroatoms. The molecule has 0 atom stereocenters. The van der Waals surface area contributed by atoms with Gasteiger partial charge in [-0.25, -0.2) is 5.43 Å². The van der Waals surface area contributed by atoms with Gasteiger partial charge in [0.05, 0.1) is 11.8 Å². The van der Waals surface area contributed by atoms with E-state index in [1.54, 1.807) is 18.6 Å². The number of H-pyrrole nitrogens is 1. The Morgan fingerprint density at radius 1 is 1.23 bits per heavy atom. The van der Waals surface area contributed by atoms with E-state index in [-0.39, 0.29) is 5.91 Å². The van der Waals surface area contributed by atoms with Crippen molar-refractivity contribution in [2.24, 2.45) is 5.10 Å². The maximum Gasteiger partial charge on any atom is 0.273 e. The molecule has 2 aliphatic rings. The monoisotopic (exact) mass is 421 g/mol. The van der Waals surface area contributed by atoms with Gasteiger partial charge in [0.25, 0.3) is 5.91 Å². The molecule has 3 N–H and O–H groups in total. The normalized spacial score (nSPS) is 17.5. The van der Waals surface area contributed by atoms with Gasteiger partial charge in [0.1, 0.15) is 11.4 Å². The Balaban J connectivity index is 1.66. The van der Waals surface area contributed by atoms with Crippen molar-refractivity contribution in [1.82, 2.24) is 30.6 Å². The number of aromatic nitrogens is 3. The van der Waals surface area contributed by atoms with Gasteiger partial charge in [-0.1, -0.05) is 13.8 Å². The van der Waals surface area contributed by atoms with Gasteiger partial charge in [-0.15, -0.1) is 0 Å². The minimum Gasteiger partial charge on any atom is -0.359 e. The standard InChI is InChI=1S/C23H31N7O/c1-4-30(5-2)11-8-17-15(3)27-20(19(17)13-26-16-6-7-16)12-18-22(28-29-23(18)31)21-14-24-9-10-25-21/h9-10,12,14,16,26-27H,4-8,11,13H2,1-3H3,(H,29,31)/b18-12+. The van der Waals surface area contributed by atoms with E-state index in [9.17, 15) is 4.79 Å². The molecule has 0 saturated heterocycles. The van der Waals surface area contributed by atoms with Crippen molar-refractivity contribution in [3.8, 4) is 0 Å². The first-order chi connectivity index (χ1) is 15.1. The second kappa shape index (κ2) is 9.53. The van der Waals surface area contributed by atoms with E-state index >= 15 is 0 Å². The number of aromatic amines is 1. The van der Waals surface area contributed by atoms with Crippen molar-refractivity contribution in [3.05, 3.63) is 52.4 Å². The third-order valence-corrected chi connectivity index (χ3v) is 6.05. The molecule has 164 valence electrons. The van der Waals surface area contributed by atoms with Gasteiger partial charge in [-0.2, -0.15) is 5.10 Å². The topological polar surface area (TPSA) is 98.3 Å². The zero-order valence-electron chi connectivity index (χ0n) is 18.5. The number of likely N-dealkylation sites (N-methyl/N-ethyl adjacent to an activating group) is 1. The lowest BCUT2D eigenvalue weighted by Gasteiger charge is -2.18. The fourth-order valence-electron chi connectivity index (χ4n) is 3.98. The van der Waals surface area contributed by atoms with Crippen LogP contribution in [0.4, 0.5) is 0 Å². The Labute approximate surface area is 183 Å². The fourth-order valence-corrected chi connectivity index (χ4v) is 3.98. The summed E-state index contributed by atoms with van der Waals surface area (Å²) in [7, 11) is 0. The molecular formula is C23H31N7O. The van der Waals surface area contributed by atoms with Gasteiger partial charge in [0, 0.05) is 42.9 Å². The van der Waals surface area contributed by atoms with E-state index in [0.717, 1.165) is 44.0 Å². The van der Waals surface area contributed by atoms with Gasteiger partial charge in [-0.05, 0) is 56.5 Å². The fraction of sp³-hybridized carbons (Fsp3) is 0.478. The molecule has 1 aliphatic carbocycles. The molecule has 3 heterocycles. The van der Waals surface area contributed by atoms with Gasteiger partial charge >= 0.3 is 0 Å². The predicted octanol–water partition coefficient (Wildman–Crippen LogP) is 2.17. The average molecular weight is 422 g/mol. The molecule has 2 aromatic heterocycles. The number of hydrogen-bond acceptors (Lipinski definition) is 6. The first-order valence-corrected chi connectivity index (χ1v) is 11.1. The molecule has 8 nitrogen and oxygen atoms in total. The summed E-state index contributed by atoms with van der Waals surface area (Å²) in [4.78, 5) is 26.9. The lowest BCUT2D eigenvalue weighted by molar-refractivity contribution is -0.116. The maximum absolute atomic E-state index is 12.6. The predicted molar refractivity (Wildman–Crippen MR) is 122 cm³/mol. The van der Waals surface area contributed by atoms with Crippen LogP contribution < -0.4 is 10.7 Å². The quantitative estimate of drug-likeness (QED) is 0.511. The number of carbonyl (C=O) groups excluding carboxylic acids is 1. The van der Waals surface area contributed by atoms with Gasteiger partial charge < -0.3 is 15.2 Å². The van der Waals surface area contributed by atoms with Crippen LogP contribution in [-0.2, 0) is 17.8 Å². The molecule has 1 amide bonds. The zero-order valence-corrected chi connectivity index (χ0v) is 18.5. The van der Waals surface area contributed by atoms with E-state index in [1.165, 1.54) is 24.0 Å². The number of aryl methyl sites for hydroxylation is 1. The summed E-state index contributed by atoms with van der Waals surface area (Å²) in [6.45, 7) is 10.4. The molecular weight excluding hydrogens is 390 g/mol. The maximum atomic E-state index is 12.6. The van der Waals surface area contributed by atoms with E-state index in [2.05, 4.69) is 56.5 Å². The third kappa shape index (κ3) is 4.91.